The summed E-state index contributed by atoms with van der Waals surface area (Å²) >= 11 is 0. The van der Waals surface area contributed by atoms with E-state index in [1.165, 1.54) is 15.7 Å². The van der Waals surface area contributed by atoms with Crippen LogP contribution in [0.3, 0.4) is 0 Å². The van der Waals surface area contributed by atoms with Crippen LogP contribution in [0, 0.1) is 0 Å². The topological polar surface area (TPSA) is 83.8 Å². The highest BCUT2D eigenvalue weighted by Crippen LogP contribution is 2.34. The smallest absolute Gasteiger partial charge is 0.276 e. The lowest BCUT2D eigenvalue weighted by atomic mass is 10.2. The van der Waals surface area contributed by atoms with Crippen LogP contribution in [0.4, 0.5) is 17.1 Å². The van der Waals surface area contributed by atoms with Gasteiger partial charge in [0, 0.05) is 36.1 Å². The predicted molar refractivity (Wildman–Crippen MR) is 120 cm³/mol. The maximum atomic E-state index is 12.9. The van der Waals surface area contributed by atoms with Gasteiger partial charge in [0.25, 0.3) is 5.91 Å². The molecule has 0 radical (unpaired) electrons. The van der Waals surface area contributed by atoms with Gasteiger partial charge in [-0.1, -0.05) is 24.3 Å². The number of anilines is 3. The lowest BCUT2D eigenvalue weighted by Gasteiger charge is -2.19. The first-order chi connectivity index (χ1) is 14.9. The fraction of sp³-hybridized carbons (Fsp3) is 0.130. The Kier molecular flexibility index (Phi) is 4.51. The number of hydrogen-bond acceptors (Lipinski definition) is 5. The molecule has 0 aliphatic carbocycles. The van der Waals surface area contributed by atoms with Crippen molar-refractivity contribution in [3.8, 4) is 0 Å². The van der Waals surface area contributed by atoms with E-state index in [-0.39, 0.29) is 10.9 Å². The molecule has 4 aromatic rings. The zero-order valence-electron chi connectivity index (χ0n) is 16.8. The molecule has 2 aromatic heterocycles. The highest BCUT2D eigenvalue weighted by Gasteiger charge is 2.23. The van der Waals surface area contributed by atoms with E-state index in [9.17, 15) is 13.2 Å². The van der Waals surface area contributed by atoms with E-state index in [1.54, 1.807) is 24.4 Å². The van der Waals surface area contributed by atoms with Crippen molar-refractivity contribution in [3.63, 3.8) is 0 Å². The second kappa shape index (κ2) is 7.24. The lowest BCUT2D eigenvalue weighted by Crippen LogP contribution is -2.15. The summed E-state index contributed by atoms with van der Waals surface area (Å²) < 4.78 is 25.6. The molecule has 0 saturated heterocycles. The van der Waals surface area contributed by atoms with Crippen molar-refractivity contribution >= 4 is 38.3 Å². The third-order valence-electron chi connectivity index (χ3n) is 5.39. The Labute approximate surface area is 179 Å². The zero-order valence-corrected chi connectivity index (χ0v) is 17.6. The summed E-state index contributed by atoms with van der Waals surface area (Å²) in [5, 5.41) is 2.67. The van der Waals surface area contributed by atoms with Crippen molar-refractivity contribution in [3.05, 3.63) is 84.2 Å². The average molecular weight is 433 g/mol. The molecule has 1 aliphatic heterocycles. The van der Waals surface area contributed by atoms with Crippen LogP contribution in [0.1, 0.15) is 16.1 Å². The highest BCUT2D eigenvalue weighted by atomic mass is 32.2. The number of benzene rings is 2. The van der Waals surface area contributed by atoms with Crippen LogP contribution in [0.5, 0.6) is 0 Å². The Morgan fingerprint density at radius 1 is 1.00 bits per heavy atom. The number of carbonyl (C=O) groups excluding carboxylic acids is 1. The number of pyridine rings is 1. The van der Waals surface area contributed by atoms with Crippen LogP contribution in [-0.4, -0.2) is 36.5 Å². The normalized spacial score (nSPS) is 13.4. The summed E-state index contributed by atoms with van der Waals surface area (Å²) in [6, 6.07) is 21.0. The van der Waals surface area contributed by atoms with E-state index in [0.29, 0.717) is 11.2 Å². The Balaban J connectivity index is 1.41. The van der Waals surface area contributed by atoms with E-state index in [1.807, 2.05) is 30.3 Å². The van der Waals surface area contributed by atoms with Gasteiger partial charge in [-0.05, 0) is 54.4 Å². The fourth-order valence-electron chi connectivity index (χ4n) is 3.96. The summed E-state index contributed by atoms with van der Waals surface area (Å²) in [5.74, 6) is -0.460. The second-order valence-corrected chi connectivity index (χ2v) is 9.41. The van der Waals surface area contributed by atoms with Crippen molar-refractivity contribution in [2.24, 2.45) is 0 Å². The number of para-hydroxylation sites is 1. The Morgan fingerprint density at radius 3 is 2.52 bits per heavy atom. The van der Waals surface area contributed by atoms with Gasteiger partial charge in [-0.15, -0.1) is 0 Å². The number of aromatic nitrogens is 2. The van der Waals surface area contributed by atoms with Crippen LogP contribution in [-0.2, 0) is 16.3 Å². The van der Waals surface area contributed by atoms with E-state index < -0.39 is 15.7 Å². The quantitative estimate of drug-likeness (QED) is 0.532. The van der Waals surface area contributed by atoms with Crippen molar-refractivity contribution in [2.75, 3.05) is 23.0 Å². The molecule has 156 valence electrons. The zero-order chi connectivity index (χ0) is 21.6. The molecule has 0 bridgehead atoms. The van der Waals surface area contributed by atoms with Gasteiger partial charge in [-0.25, -0.2) is 13.4 Å². The van der Waals surface area contributed by atoms with E-state index in [0.717, 1.165) is 24.9 Å². The standard InChI is InChI=1S/C23H20N4O3S/c1-31(29,30)23-25-21(20-8-4-5-14-27(20)23)22(28)24-17-9-11-18(12-10-17)26-15-13-16-6-2-3-7-19(16)26/h2-12,14H,13,15H2,1H3,(H,24,28). The molecular weight excluding hydrogens is 412 g/mol. The van der Waals surface area contributed by atoms with Crippen molar-refractivity contribution < 1.29 is 13.2 Å². The van der Waals surface area contributed by atoms with Crippen LogP contribution in [0.15, 0.2) is 78.1 Å². The number of rotatable bonds is 4. The van der Waals surface area contributed by atoms with Gasteiger partial charge >= 0.3 is 0 Å². The minimum Gasteiger partial charge on any atom is -0.341 e. The van der Waals surface area contributed by atoms with Gasteiger partial charge in [0.15, 0.2) is 5.69 Å². The van der Waals surface area contributed by atoms with Crippen LogP contribution >= 0.6 is 0 Å². The maximum Gasteiger partial charge on any atom is 0.276 e. The molecule has 0 unspecified atom stereocenters. The third-order valence-corrected chi connectivity index (χ3v) is 6.34. The lowest BCUT2D eigenvalue weighted by molar-refractivity contribution is 0.102. The third kappa shape index (κ3) is 3.44. The number of hydrogen-bond donors (Lipinski definition) is 1. The summed E-state index contributed by atoms with van der Waals surface area (Å²) in [5.41, 5.74) is 4.70. The molecule has 7 nitrogen and oxygen atoms in total. The Bertz CT molecular complexity index is 1410. The van der Waals surface area contributed by atoms with Gasteiger partial charge in [-0.2, -0.15) is 0 Å². The molecule has 1 amide bonds. The average Bonchev–Trinajstić information content (AvgIpc) is 3.36. The molecule has 0 saturated carbocycles. The first kappa shape index (κ1) is 19.3. The molecule has 1 N–H and O–H groups in total. The number of fused-ring (bicyclic) bond motifs is 2. The number of nitrogens with zero attached hydrogens (tertiary/aromatic N) is 3. The van der Waals surface area contributed by atoms with Gasteiger partial charge in [0.05, 0.1) is 5.52 Å². The number of nitrogens with one attached hydrogen (secondary N) is 1. The first-order valence-electron chi connectivity index (χ1n) is 9.86. The minimum absolute atomic E-state index is 0.0681. The molecule has 2 aromatic carbocycles. The molecule has 8 heteroatoms. The molecule has 0 fully saturated rings. The van der Waals surface area contributed by atoms with Gasteiger partial charge in [-0.3, -0.25) is 9.20 Å². The molecule has 1 aliphatic rings. The van der Waals surface area contributed by atoms with Crippen molar-refractivity contribution in [1.29, 1.82) is 0 Å². The summed E-state index contributed by atoms with van der Waals surface area (Å²) in [7, 11) is -3.59. The predicted octanol–water partition coefficient (Wildman–Crippen LogP) is 3.68. The Morgan fingerprint density at radius 2 is 1.74 bits per heavy atom. The number of carbonyl (C=O) groups is 1. The second-order valence-electron chi connectivity index (χ2n) is 7.50. The van der Waals surface area contributed by atoms with E-state index in [4.69, 9.17) is 0 Å². The van der Waals surface area contributed by atoms with Crippen molar-refractivity contribution in [2.45, 2.75) is 11.6 Å². The number of sulfone groups is 1. The van der Waals surface area contributed by atoms with E-state index in [2.05, 4.69) is 33.4 Å². The molecule has 0 spiro atoms. The van der Waals surface area contributed by atoms with Crippen LogP contribution in [0.25, 0.3) is 5.52 Å². The molecule has 31 heavy (non-hydrogen) atoms. The summed E-state index contributed by atoms with van der Waals surface area (Å²) in [4.78, 5) is 19.3. The van der Waals surface area contributed by atoms with Crippen LogP contribution < -0.4 is 10.2 Å². The molecular formula is C23H20N4O3S. The Hall–Kier alpha value is -3.65. The van der Waals surface area contributed by atoms with Crippen molar-refractivity contribution in [1.82, 2.24) is 9.38 Å². The molecule has 0 atom stereocenters. The monoisotopic (exact) mass is 432 g/mol. The summed E-state index contributed by atoms with van der Waals surface area (Å²) in [6.07, 6.45) is 3.66. The van der Waals surface area contributed by atoms with Crippen LogP contribution in [0.2, 0.25) is 0 Å². The van der Waals surface area contributed by atoms with Gasteiger partial charge < -0.3 is 10.2 Å². The summed E-state index contributed by atoms with van der Waals surface area (Å²) in [6.45, 7) is 0.917. The molecule has 5 rings (SSSR count). The maximum absolute atomic E-state index is 12.9. The largest absolute Gasteiger partial charge is 0.341 e. The van der Waals surface area contributed by atoms with E-state index >= 15 is 0 Å². The first-order valence-corrected chi connectivity index (χ1v) is 11.7. The number of imidazole rings is 1. The fourth-order valence-corrected chi connectivity index (χ4v) is 4.73. The minimum atomic E-state index is -3.59. The van der Waals surface area contributed by atoms with Gasteiger partial charge in [0.1, 0.15) is 0 Å². The SMILES string of the molecule is CS(=O)(=O)c1nc(C(=O)Nc2ccc(N3CCc4ccccc43)cc2)c2ccccn12. The molecule has 3 heterocycles. The van der Waals surface area contributed by atoms with Gasteiger partial charge in [0.2, 0.25) is 15.0 Å². The highest BCUT2D eigenvalue weighted by molar-refractivity contribution is 7.90. The number of amides is 1.